The monoisotopic (exact) mass is 422 g/mol. The van der Waals surface area contributed by atoms with Crippen LogP contribution in [0.25, 0.3) is 0 Å². The normalized spacial score (nSPS) is 13.7. The molecule has 0 fully saturated rings. The lowest BCUT2D eigenvalue weighted by atomic mass is 10.1. The number of esters is 1. The van der Waals surface area contributed by atoms with E-state index in [4.69, 9.17) is 4.74 Å². The Morgan fingerprint density at radius 3 is 2.39 bits per heavy atom. The third kappa shape index (κ3) is 4.66. The van der Waals surface area contributed by atoms with Crippen molar-refractivity contribution in [2.24, 2.45) is 0 Å². The predicted octanol–water partition coefficient (Wildman–Crippen LogP) is 3.46. The Bertz CT molecular complexity index is 1000. The summed E-state index contributed by atoms with van der Waals surface area (Å²) in [6.45, 7) is 3.80. The third-order valence-electron chi connectivity index (χ3n) is 5.52. The molecule has 162 valence electrons. The fourth-order valence-electron chi connectivity index (χ4n) is 3.42. The maximum absolute atomic E-state index is 12.5. The quantitative estimate of drug-likeness (QED) is 0.481. The van der Waals surface area contributed by atoms with E-state index in [0.717, 1.165) is 18.4 Å². The molecule has 2 aromatic rings. The third-order valence-corrected chi connectivity index (χ3v) is 5.52. The zero-order chi connectivity index (χ0) is 22.5. The van der Waals surface area contributed by atoms with E-state index in [-0.39, 0.29) is 34.5 Å². The number of unbranched alkanes of at least 4 members (excludes halogenated alkanes) is 1. The lowest BCUT2D eigenvalue weighted by Crippen LogP contribution is -2.33. The van der Waals surface area contributed by atoms with Gasteiger partial charge in [0.2, 0.25) is 0 Å². The van der Waals surface area contributed by atoms with Crippen LogP contribution < -0.4 is 0 Å². The highest BCUT2D eigenvalue weighted by Crippen LogP contribution is 2.25. The largest absolute Gasteiger partial charge is 0.452 e. The first-order chi connectivity index (χ1) is 14.8. The van der Waals surface area contributed by atoms with Gasteiger partial charge in [0, 0.05) is 13.6 Å². The van der Waals surface area contributed by atoms with Gasteiger partial charge in [-0.2, -0.15) is 0 Å². The summed E-state index contributed by atoms with van der Waals surface area (Å²) in [5, 5.41) is 0. The van der Waals surface area contributed by atoms with Crippen molar-refractivity contribution in [1.29, 1.82) is 0 Å². The van der Waals surface area contributed by atoms with E-state index < -0.39 is 18.5 Å². The van der Waals surface area contributed by atoms with Crippen LogP contribution in [-0.2, 0) is 9.53 Å². The van der Waals surface area contributed by atoms with Gasteiger partial charge in [0.25, 0.3) is 17.7 Å². The summed E-state index contributed by atoms with van der Waals surface area (Å²) in [5.41, 5.74) is 1.57. The standard InChI is InChI=1S/C24H26N2O5/c1-4-5-13-26-22(28)19-12-11-18(14-20(19)23(26)29)24(30)31-15-21(27)25(3)16(2)17-9-7-6-8-10-17/h6-12,14,16H,4-5,13,15H2,1-3H3. The Labute approximate surface area is 181 Å². The van der Waals surface area contributed by atoms with Gasteiger partial charge in [0.15, 0.2) is 6.61 Å². The van der Waals surface area contributed by atoms with Crippen molar-refractivity contribution < 1.29 is 23.9 Å². The van der Waals surface area contributed by atoms with Crippen LogP contribution in [0.1, 0.15) is 69.4 Å². The van der Waals surface area contributed by atoms with Crippen molar-refractivity contribution >= 4 is 23.7 Å². The highest BCUT2D eigenvalue weighted by Gasteiger charge is 2.35. The second-order valence-corrected chi connectivity index (χ2v) is 7.54. The number of imide groups is 1. The molecule has 31 heavy (non-hydrogen) atoms. The zero-order valence-corrected chi connectivity index (χ0v) is 18.0. The molecular formula is C24H26N2O5. The summed E-state index contributed by atoms with van der Waals surface area (Å²) in [5.74, 6) is -1.82. The summed E-state index contributed by atoms with van der Waals surface area (Å²) >= 11 is 0. The Balaban J connectivity index is 1.63. The van der Waals surface area contributed by atoms with Crippen molar-refractivity contribution in [3.05, 3.63) is 70.8 Å². The second-order valence-electron chi connectivity index (χ2n) is 7.54. The van der Waals surface area contributed by atoms with Gasteiger partial charge in [0.1, 0.15) is 0 Å². The van der Waals surface area contributed by atoms with Crippen LogP contribution in [0.2, 0.25) is 0 Å². The molecule has 0 N–H and O–H groups in total. The number of carbonyl (C=O) groups is 4. The minimum atomic E-state index is -0.718. The molecule has 0 bridgehead atoms. The van der Waals surface area contributed by atoms with E-state index in [2.05, 4.69) is 0 Å². The molecule has 0 saturated heterocycles. The minimum Gasteiger partial charge on any atom is -0.452 e. The van der Waals surface area contributed by atoms with Gasteiger partial charge in [-0.1, -0.05) is 43.7 Å². The van der Waals surface area contributed by atoms with Crippen LogP contribution in [0.3, 0.4) is 0 Å². The van der Waals surface area contributed by atoms with Crippen molar-refractivity contribution in [2.45, 2.75) is 32.7 Å². The second kappa shape index (κ2) is 9.55. The number of hydrogen-bond acceptors (Lipinski definition) is 5. The van der Waals surface area contributed by atoms with E-state index >= 15 is 0 Å². The summed E-state index contributed by atoms with van der Waals surface area (Å²) in [6, 6.07) is 13.6. The molecule has 0 saturated carbocycles. The number of nitrogens with zero attached hydrogens (tertiary/aromatic N) is 2. The molecule has 1 unspecified atom stereocenters. The lowest BCUT2D eigenvalue weighted by molar-refractivity contribution is -0.135. The van der Waals surface area contributed by atoms with Gasteiger partial charge in [-0.3, -0.25) is 19.3 Å². The molecule has 0 radical (unpaired) electrons. The summed E-state index contributed by atoms with van der Waals surface area (Å²) in [7, 11) is 1.65. The Morgan fingerprint density at radius 1 is 1.03 bits per heavy atom. The number of fused-ring (bicyclic) bond motifs is 1. The molecule has 1 aliphatic rings. The molecule has 2 aromatic carbocycles. The highest BCUT2D eigenvalue weighted by molar-refractivity contribution is 6.22. The molecule has 0 aliphatic carbocycles. The first-order valence-corrected chi connectivity index (χ1v) is 10.3. The van der Waals surface area contributed by atoms with Gasteiger partial charge in [0.05, 0.1) is 22.7 Å². The molecule has 7 heteroatoms. The fraction of sp³-hybridized carbons (Fsp3) is 0.333. The first-order valence-electron chi connectivity index (χ1n) is 10.3. The molecule has 0 spiro atoms. The van der Waals surface area contributed by atoms with Crippen LogP contribution in [0.4, 0.5) is 0 Å². The number of likely N-dealkylation sites (N-methyl/N-ethyl adjacent to an activating group) is 1. The molecular weight excluding hydrogens is 396 g/mol. The molecule has 7 nitrogen and oxygen atoms in total. The number of benzene rings is 2. The predicted molar refractivity (Wildman–Crippen MR) is 115 cm³/mol. The molecule has 3 rings (SSSR count). The van der Waals surface area contributed by atoms with Crippen LogP contribution in [0, 0.1) is 0 Å². The van der Waals surface area contributed by atoms with Gasteiger partial charge in [-0.15, -0.1) is 0 Å². The van der Waals surface area contributed by atoms with Crippen LogP contribution in [-0.4, -0.2) is 53.7 Å². The molecule has 1 aliphatic heterocycles. The lowest BCUT2D eigenvalue weighted by Gasteiger charge is -2.25. The van der Waals surface area contributed by atoms with Gasteiger partial charge < -0.3 is 9.64 Å². The Morgan fingerprint density at radius 2 is 1.71 bits per heavy atom. The van der Waals surface area contributed by atoms with E-state index in [0.29, 0.717) is 6.54 Å². The zero-order valence-electron chi connectivity index (χ0n) is 18.0. The average molecular weight is 422 g/mol. The van der Waals surface area contributed by atoms with Crippen molar-refractivity contribution in [2.75, 3.05) is 20.2 Å². The van der Waals surface area contributed by atoms with Crippen molar-refractivity contribution in [1.82, 2.24) is 9.80 Å². The Hall–Kier alpha value is -3.48. The van der Waals surface area contributed by atoms with Gasteiger partial charge in [-0.05, 0) is 37.1 Å². The summed E-state index contributed by atoms with van der Waals surface area (Å²) in [6.07, 6.45) is 1.58. The van der Waals surface area contributed by atoms with E-state index in [1.165, 1.54) is 28.0 Å². The average Bonchev–Trinajstić information content (AvgIpc) is 3.04. The van der Waals surface area contributed by atoms with Crippen molar-refractivity contribution in [3.8, 4) is 0 Å². The van der Waals surface area contributed by atoms with Gasteiger partial charge >= 0.3 is 5.97 Å². The number of ether oxygens (including phenoxy) is 1. The van der Waals surface area contributed by atoms with Crippen LogP contribution in [0.5, 0.6) is 0 Å². The Kier molecular flexibility index (Phi) is 6.84. The van der Waals surface area contributed by atoms with E-state index in [1.54, 1.807) is 7.05 Å². The maximum Gasteiger partial charge on any atom is 0.338 e. The topological polar surface area (TPSA) is 84.0 Å². The SMILES string of the molecule is CCCCN1C(=O)c2ccc(C(=O)OCC(=O)N(C)C(C)c3ccccc3)cc2C1=O. The number of rotatable bonds is 8. The van der Waals surface area contributed by atoms with E-state index in [1.807, 2.05) is 44.2 Å². The molecule has 1 heterocycles. The van der Waals surface area contributed by atoms with Gasteiger partial charge in [-0.25, -0.2) is 4.79 Å². The molecule has 0 aromatic heterocycles. The summed E-state index contributed by atoms with van der Waals surface area (Å²) in [4.78, 5) is 52.6. The fourth-order valence-corrected chi connectivity index (χ4v) is 3.42. The molecule has 1 atom stereocenters. The van der Waals surface area contributed by atoms with Crippen LogP contribution in [0.15, 0.2) is 48.5 Å². The van der Waals surface area contributed by atoms with Crippen molar-refractivity contribution in [3.63, 3.8) is 0 Å². The minimum absolute atomic E-state index is 0.129. The number of carbonyl (C=O) groups excluding carboxylic acids is 4. The number of hydrogen-bond donors (Lipinski definition) is 0. The first kappa shape index (κ1) is 22.2. The molecule has 3 amide bonds. The summed E-state index contributed by atoms with van der Waals surface area (Å²) < 4.78 is 5.17. The number of amides is 3. The van der Waals surface area contributed by atoms with E-state index in [9.17, 15) is 19.2 Å². The smallest absolute Gasteiger partial charge is 0.338 e. The highest BCUT2D eigenvalue weighted by atomic mass is 16.5. The van der Waals surface area contributed by atoms with Crippen LogP contribution >= 0.6 is 0 Å². The maximum atomic E-state index is 12.5.